The van der Waals surface area contributed by atoms with Gasteiger partial charge in [-0.05, 0) is 36.4 Å². The molecule has 2 aromatic carbocycles. The van der Waals surface area contributed by atoms with E-state index in [4.69, 9.17) is 18.9 Å². The maximum Gasteiger partial charge on any atom is 0.250 e. The van der Waals surface area contributed by atoms with E-state index >= 15 is 0 Å². The van der Waals surface area contributed by atoms with Gasteiger partial charge in [0, 0.05) is 12.8 Å². The summed E-state index contributed by atoms with van der Waals surface area (Å²) in [5.74, 6) is 1.71. The van der Waals surface area contributed by atoms with Gasteiger partial charge in [-0.1, -0.05) is 12.1 Å². The van der Waals surface area contributed by atoms with Gasteiger partial charge in [-0.3, -0.25) is 4.79 Å². The van der Waals surface area contributed by atoms with Gasteiger partial charge in [0.2, 0.25) is 5.91 Å². The summed E-state index contributed by atoms with van der Waals surface area (Å²) in [7, 11) is 3.17. The van der Waals surface area contributed by atoms with Gasteiger partial charge in [0.1, 0.15) is 12.4 Å². The van der Waals surface area contributed by atoms with Gasteiger partial charge in [0.05, 0.1) is 20.3 Å². The highest BCUT2D eigenvalue weighted by Gasteiger charge is 2.06. The third kappa shape index (κ3) is 5.57. The summed E-state index contributed by atoms with van der Waals surface area (Å²) in [6, 6.07) is 14.5. The lowest BCUT2D eigenvalue weighted by Crippen LogP contribution is -2.19. The van der Waals surface area contributed by atoms with Crippen LogP contribution in [0, 0.1) is 0 Å². The fraction of sp³-hybridized carbons (Fsp3) is 0.278. The van der Waals surface area contributed by atoms with Crippen molar-refractivity contribution in [1.29, 1.82) is 0 Å². The van der Waals surface area contributed by atoms with E-state index in [-0.39, 0.29) is 12.5 Å². The summed E-state index contributed by atoms with van der Waals surface area (Å²) < 4.78 is 21.0. The normalized spacial score (nSPS) is 10.2. The molecule has 2 aromatic rings. The van der Waals surface area contributed by atoms with Crippen molar-refractivity contribution in [2.45, 2.75) is 0 Å². The number of para-hydroxylation sites is 2. The molecule has 128 valence electrons. The SMILES string of the molecule is COCCOCC(=O)Nc1ccc(Oc2ccccc2OC)cc1. The molecule has 0 radical (unpaired) electrons. The highest BCUT2D eigenvalue weighted by molar-refractivity contribution is 5.91. The zero-order valence-electron chi connectivity index (χ0n) is 13.8. The van der Waals surface area contributed by atoms with Crippen LogP contribution >= 0.6 is 0 Å². The third-order valence-corrected chi connectivity index (χ3v) is 3.10. The molecule has 0 saturated heterocycles. The Kier molecular flexibility index (Phi) is 7.07. The van der Waals surface area contributed by atoms with Crippen molar-refractivity contribution in [2.24, 2.45) is 0 Å². The number of anilines is 1. The molecule has 24 heavy (non-hydrogen) atoms. The van der Waals surface area contributed by atoms with Crippen molar-refractivity contribution in [3.05, 3.63) is 48.5 Å². The number of amides is 1. The van der Waals surface area contributed by atoms with E-state index in [0.29, 0.717) is 36.1 Å². The van der Waals surface area contributed by atoms with Crippen molar-refractivity contribution in [3.8, 4) is 17.2 Å². The molecule has 0 bridgehead atoms. The predicted octanol–water partition coefficient (Wildman–Crippen LogP) is 3.09. The lowest BCUT2D eigenvalue weighted by Gasteiger charge is -2.11. The highest BCUT2D eigenvalue weighted by Crippen LogP contribution is 2.31. The van der Waals surface area contributed by atoms with Gasteiger partial charge in [-0.25, -0.2) is 0 Å². The molecule has 0 fully saturated rings. The van der Waals surface area contributed by atoms with Crippen LogP contribution in [-0.4, -0.2) is 39.9 Å². The predicted molar refractivity (Wildman–Crippen MR) is 90.8 cm³/mol. The maximum absolute atomic E-state index is 11.7. The summed E-state index contributed by atoms with van der Waals surface area (Å²) in [4.78, 5) is 11.7. The summed E-state index contributed by atoms with van der Waals surface area (Å²) in [6.07, 6.45) is 0. The molecular formula is C18H21NO5. The Bertz CT molecular complexity index is 642. The molecule has 0 aromatic heterocycles. The molecule has 0 unspecified atom stereocenters. The van der Waals surface area contributed by atoms with Crippen LogP contribution in [0.5, 0.6) is 17.2 Å². The first-order chi connectivity index (χ1) is 11.7. The van der Waals surface area contributed by atoms with Crippen LogP contribution in [0.1, 0.15) is 0 Å². The topological polar surface area (TPSA) is 66.0 Å². The Morgan fingerprint density at radius 3 is 2.33 bits per heavy atom. The fourth-order valence-electron chi connectivity index (χ4n) is 1.94. The highest BCUT2D eigenvalue weighted by atomic mass is 16.5. The second-order valence-electron chi connectivity index (χ2n) is 4.87. The Balaban J connectivity index is 1.87. The summed E-state index contributed by atoms with van der Waals surface area (Å²) in [5, 5.41) is 2.75. The minimum atomic E-state index is -0.218. The largest absolute Gasteiger partial charge is 0.493 e. The van der Waals surface area contributed by atoms with Crippen molar-refractivity contribution in [1.82, 2.24) is 0 Å². The lowest BCUT2D eigenvalue weighted by atomic mass is 10.3. The van der Waals surface area contributed by atoms with Crippen molar-refractivity contribution >= 4 is 11.6 Å². The summed E-state index contributed by atoms with van der Waals surface area (Å²) >= 11 is 0. The van der Waals surface area contributed by atoms with Gasteiger partial charge in [-0.15, -0.1) is 0 Å². The lowest BCUT2D eigenvalue weighted by molar-refractivity contribution is -0.121. The molecular weight excluding hydrogens is 310 g/mol. The van der Waals surface area contributed by atoms with E-state index in [1.165, 1.54) is 0 Å². The first-order valence-corrected chi connectivity index (χ1v) is 7.50. The molecule has 2 rings (SSSR count). The van der Waals surface area contributed by atoms with E-state index < -0.39 is 0 Å². The van der Waals surface area contributed by atoms with Crippen molar-refractivity contribution < 1.29 is 23.7 Å². The van der Waals surface area contributed by atoms with Gasteiger partial charge in [0.15, 0.2) is 11.5 Å². The molecule has 0 spiro atoms. The molecule has 0 aliphatic rings. The molecule has 1 N–H and O–H groups in total. The Hall–Kier alpha value is -2.57. The number of methoxy groups -OCH3 is 2. The van der Waals surface area contributed by atoms with Gasteiger partial charge in [-0.2, -0.15) is 0 Å². The van der Waals surface area contributed by atoms with E-state index in [1.54, 1.807) is 38.5 Å². The third-order valence-electron chi connectivity index (χ3n) is 3.10. The van der Waals surface area contributed by atoms with Crippen molar-refractivity contribution in [2.75, 3.05) is 39.4 Å². The van der Waals surface area contributed by atoms with Crippen LogP contribution < -0.4 is 14.8 Å². The number of rotatable bonds is 9. The smallest absolute Gasteiger partial charge is 0.250 e. The maximum atomic E-state index is 11.7. The Labute approximate surface area is 141 Å². The average molecular weight is 331 g/mol. The molecule has 0 atom stereocenters. The molecule has 6 nitrogen and oxygen atoms in total. The average Bonchev–Trinajstić information content (AvgIpc) is 2.61. The molecule has 0 heterocycles. The first kappa shape index (κ1) is 17.8. The Morgan fingerprint density at radius 1 is 0.958 bits per heavy atom. The number of carbonyl (C=O) groups excluding carboxylic acids is 1. The van der Waals surface area contributed by atoms with E-state index in [1.807, 2.05) is 24.3 Å². The molecule has 0 aliphatic carbocycles. The summed E-state index contributed by atoms with van der Waals surface area (Å²) in [6.45, 7) is 0.834. The molecule has 0 saturated carbocycles. The van der Waals surface area contributed by atoms with Crippen molar-refractivity contribution in [3.63, 3.8) is 0 Å². The van der Waals surface area contributed by atoms with Crippen LogP contribution in [0.15, 0.2) is 48.5 Å². The van der Waals surface area contributed by atoms with E-state index in [2.05, 4.69) is 5.32 Å². The summed E-state index contributed by atoms with van der Waals surface area (Å²) in [5.41, 5.74) is 0.669. The molecule has 0 aliphatic heterocycles. The van der Waals surface area contributed by atoms with Crippen LogP contribution in [0.2, 0.25) is 0 Å². The quantitative estimate of drug-likeness (QED) is 0.715. The number of hydrogen-bond acceptors (Lipinski definition) is 5. The monoisotopic (exact) mass is 331 g/mol. The minimum absolute atomic E-state index is 0.0111. The van der Waals surface area contributed by atoms with Crippen LogP contribution in [0.3, 0.4) is 0 Å². The second kappa shape index (κ2) is 9.54. The second-order valence-corrected chi connectivity index (χ2v) is 4.87. The number of ether oxygens (including phenoxy) is 4. The first-order valence-electron chi connectivity index (χ1n) is 7.50. The van der Waals surface area contributed by atoms with Gasteiger partial charge in [0.25, 0.3) is 0 Å². The number of hydrogen-bond donors (Lipinski definition) is 1. The fourth-order valence-corrected chi connectivity index (χ4v) is 1.94. The van der Waals surface area contributed by atoms with Gasteiger partial charge < -0.3 is 24.3 Å². The van der Waals surface area contributed by atoms with Crippen LogP contribution in [-0.2, 0) is 14.3 Å². The van der Waals surface area contributed by atoms with E-state index in [9.17, 15) is 4.79 Å². The van der Waals surface area contributed by atoms with Crippen LogP contribution in [0.25, 0.3) is 0 Å². The number of benzene rings is 2. The zero-order valence-corrected chi connectivity index (χ0v) is 13.8. The number of carbonyl (C=O) groups is 1. The number of nitrogens with one attached hydrogen (secondary N) is 1. The molecule has 6 heteroatoms. The van der Waals surface area contributed by atoms with Gasteiger partial charge >= 0.3 is 0 Å². The van der Waals surface area contributed by atoms with E-state index in [0.717, 1.165) is 0 Å². The van der Waals surface area contributed by atoms with Crippen LogP contribution in [0.4, 0.5) is 5.69 Å². The zero-order chi connectivity index (χ0) is 17.2. The molecule has 1 amide bonds. The Morgan fingerprint density at radius 2 is 1.67 bits per heavy atom. The minimum Gasteiger partial charge on any atom is -0.493 e. The standard InChI is InChI=1S/C18H21NO5/c1-21-11-12-23-13-18(20)19-14-7-9-15(10-8-14)24-17-6-4-3-5-16(17)22-2/h3-10H,11-13H2,1-2H3,(H,19,20).